The summed E-state index contributed by atoms with van der Waals surface area (Å²) in [5, 5.41) is 0.644. The Kier molecular flexibility index (Phi) is 4.75. The van der Waals surface area contributed by atoms with Gasteiger partial charge in [-0.05, 0) is 38.0 Å². The van der Waals surface area contributed by atoms with Crippen LogP contribution < -0.4 is 0 Å². The van der Waals surface area contributed by atoms with Crippen LogP contribution in [0.3, 0.4) is 0 Å². The Hall–Kier alpha value is -0.730. The molecule has 1 aromatic carbocycles. The Morgan fingerprint density at radius 1 is 1.32 bits per heavy atom. The van der Waals surface area contributed by atoms with Gasteiger partial charge in [-0.2, -0.15) is 0 Å². The minimum atomic E-state index is -0.0999. The van der Waals surface area contributed by atoms with Gasteiger partial charge in [0.15, 0.2) is 0 Å². The van der Waals surface area contributed by atoms with Crippen molar-refractivity contribution in [2.24, 2.45) is 0 Å². The topological polar surface area (TPSA) is 17.8 Å². The van der Waals surface area contributed by atoms with Crippen molar-refractivity contribution in [2.75, 3.05) is 0 Å². The highest BCUT2D eigenvalue weighted by molar-refractivity contribution is 6.31. The maximum absolute atomic E-state index is 6.30. The molecule has 104 valence electrons. The fraction of sp³-hybridized carbons (Fsp3) is 0.533. The second-order valence-electron chi connectivity index (χ2n) is 4.94. The standard InChI is InChI=1S/C15H20Cl2N2/c1-4-6-12(5-2)19-14-9-11(17)7-8-13(14)18-15(19)10(3)16/h7-10,12H,4-6H2,1-3H3. The quantitative estimate of drug-likeness (QED) is 0.644. The normalized spacial score (nSPS) is 14.8. The average Bonchev–Trinajstić information content (AvgIpc) is 2.74. The van der Waals surface area contributed by atoms with Gasteiger partial charge in [0.2, 0.25) is 0 Å². The molecule has 0 saturated heterocycles. The Morgan fingerprint density at radius 2 is 2.05 bits per heavy atom. The molecule has 4 heteroatoms. The first-order chi connectivity index (χ1) is 9.08. The molecule has 2 atom stereocenters. The highest BCUT2D eigenvalue weighted by Gasteiger charge is 2.20. The molecule has 2 aromatic rings. The van der Waals surface area contributed by atoms with Crippen molar-refractivity contribution in [1.29, 1.82) is 0 Å². The molecule has 1 heterocycles. The molecule has 1 aromatic heterocycles. The van der Waals surface area contributed by atoms with Gasteiger partial charge in [0.1, 0.15) is 5.82 Å². The number of benzene rings is 1. The molecule has 0 aliphatic heterocycles. The Labute approximate surface area is 124 Å². The smallest absolute Gasteiger partial charge is 0.127 e. The van der Waals surface area contributed by atoms with Crippen LogP contribution in [-0.4, -0.2) is 9.55 Å². The van der Waals surface area contributed by atoms with Crippen molar-refractivity contribution in [3.8, 4) is 0 Å². The molecule has 0 bridgehead atoms. The van der Waals surface area contributed by atoms with E-state index in [0.717, 1.165) is 41.1 Å². The summed E-state index contributed by atoms with van der Waals surface area (Å²) in [6, 6.07) is 6.27. The third-order valence-corrected chi connectivity index (χ3v) is 3.92. The lowest BCUT2D eigenvalue weighted by Crippen LogP contribution is -2.12. The number of hydrogen-bond acceptors (Lipinski definition) is 1. The van der Waals surface area contributed by atoms with E-state index in [9.17, 15) is 0 Å². The number of nitrogens with zero attached hydrogens (tertiary/aromatic N) is 2. The minimum Gasteiger partial charge on any atom is -0.324 e. The van der Waals surface area contributed by atoms with Crippen LogP contribution in [0.25, 0.3) is 11.0 Å². The van der Waals surface area contributed by atoms with Crippen molar-refractivity contribution < 1.29 is 0 Å². The van der Waals surface area contributed by atoms with Gasteiger partial charge in [-0.1, -0.05) is 31.9 Å². The van der Waals surface area contributed by atoms with Gasteiger partial charge in [0.25, 0.3) is 0 Å². The van der Waals surface area contributed by atoms with Gasteiger partial charge in [0.05, 0.1) is 16.4 Å². The van der Waals surface area contributed by atoms with Crippen LogP contribution in [0.1, 0.15) is 57.3 Å². The predicted octanol–water partition coefficient (Wildman–Crippen LogP) is 5.74. The number of fused-ring (bicyclic) bond motifs is 1. The fourth-order valence-electron chi connectivity index (χ4n) is 2.60. The van der Waals surface area contributed by atoms with Crippen molar-refractivity contribution in [3.05, 3.63) is 29.0 Å². The first-order valence-corrected chi connectivity index (χ1v) is 7.71. The zero-order valence-electron chi connectivity index (χ0n) is 11.7. The van der Waals surface area contributed by atoms with Gasteiger partial charge in [-0.3, -0.25) is 0 Å². The summed E-state index contributed by atoms with van der Waals surface area (Å²) in [7, 11) is 0. The number of imidazole rings is 1. The number of alkyl halides is 1. The highest BCUT2D eigenvalue weighted by atomic mass is 35.5. The zero-order valence-corrected chi connectivity index (χ0v) is 13.2. The van der Waals surface area contributed by atoms with E-state index in [1.54, 1.807) is 0 Å². The summed E-state index contributed by atoms with van der Waals surface area (Å²) >= 11 is 12.4. The molecule has 0 aliphatic rings. The van der Waals surface area contributed by atoms with Crippen molar-refractivity contribution in [3.63, 3.8) is 0 Å². The van der Waals surface area contributed by atoms with Crippen molar-refractivity contribution in [2.45, 2.75) is 51.5 Å². The maximum Gasteiger partial charge on any atom is 0.127 e. The van der Waals surface area contributed by atoms with E-state index < -0.39 is 0 Å². The van der Waals surface area contributed by atoms with Crippen LogP contribution in [0.5, 0.6) is 0 Å². The molecule has 0 aliphatic carbocycles. The molecule has 0 fully saturated rings. The lowest BCUT2D eigenvalue weighted by Gasteiger charge is -2.20. The zero-order chi connectivity index (χ0) is 14.0. The molecule has 0 spiro atoms. The average molecular weight is 299 g/mol. The van der Waals surface area contributed by atoms with Crippen molar-refractivity contribution in [1.82, 2.24) is 9.55 Å². The Morgan fingerprint density at radius 3 is 2.63 bits per heavy atom. The summed E-state index contributed by atoms with van der Waals surface area (Å²) < 4.78 is 2.28. The van der Waals surface area contributed by atoms with Crippen LogP contribution in [0.15, 0.2) is 18.2 Å². The monoisotopic (exact) mass is 298 g/mol. The summed E-state index contributed by atoms with van der Waals surface area (Å²) in [6.07, 6.45) is 3.35. The number of halogens is 2. The van der Waals surface area contributed by atoms with E-state index in [4.69, 9.17) is 23.2 Å². The molecule has 0 radical (unpaired) electrons. The maximum atomic E-state index is 6.30. The van der Waals surface area contributed by atoms with Gasteiger partial charge >= 0.3 is 0 Å². The molecular formula is C15H20Cl2N2. The van der Waals surface area contributed by atoms with E-state index in [1.165, 1.54) is 0 Å². The summed E-state index contributed by atoms with van der Waals surface area (Å²) in [6.45, 7) is 6.39. The van der Waals surface area contributed by atoms with Gasteiger partial charge in [-0.15, -0.1) is 11.6 Å². The molecule has 2 rings (SSSR count). The molecule has 0 amide bonds. The third-order valence-electron chi connectivity index (χ3n) is 3.49. The molecule has 0 N–H and O–H groups in total. The Balaban J connectivity index is 2.65. The van der Waals surface area contributed by atoms with Crippen LogP contribution in [0.4, 0.5) is 0 Å². The molecular weight excluding hydrogens is 279 g/mol. The van der Waals surface area contributed by atoms with Gasteiger partial charge < -0.3 is 4.57 Å². The van der Waals surface area contributed by atoms with E-state index in [0.29, 0.717) is 6.04 Å². The lowest BCUT2D eigenvalue weighted by atomic mass is 10.1. The minimum absolute atomic E-state index is 0.0999. The van der Waals surface area contributed by atoms with Crippen LogP contribution in [-0.2, 0) is 0 Å². The second kappa shape index (κ2) is 6.15. The van der Waals surface area contributed by atoms with E-state index in [1.807, 2.05) is 25.1 Å². The predicted molar refractivity (Wildman–Crippen MR) is 83.2 cm³/mol. The highest BCUT2D eigenvalue weighted by Crippen LogP contribution is 2.32. The van der Waals surface area contributed by atoms with Crippen molar-refractivity contribution >= 4 is 34.2 Å². The van der Waals surface area contributed by atoms with Crippen LogP contribution in [0.2, 0.25) is 5.02 Å². The summed E-state index contributed by atoms with van der Waals surface area (Å²) in [5.74, 6) is 0.944. The number of rotatable bonds is 5. The van der Waals surface area contributed by atoms with Crippen LogP contribution in [0, 0.1) is 0 Å². The molecule has 19 heavy (non-hydrogen) atoms. The molecule has 0 saturated carbocycles. The molecule has 2 nitrogen and oxygen atoms in total. The van der Waals surface area contributed by atoms with Gasteiger partial charge in [0, 0.05) is 11.1 Å². The fourth-order valence-corrected chi connectivity index (χ4v) is 2.92. The summed E-state index contributed by atoms with van der Waals surface area (Å²) in [5.41, 5.74) is 2.07. The van der Waals surface area contributed by atoms with Crippen LogP contribution >= 0.6 is 23.2 Å². The SMILES string of the molecule is CCCC(CC)n1c(C(C)Cl)nc2ccc(Cl)cc21. The first-order valence-electron chi connectivity index (χ1n) is 6.89. The third kappa shape index (κ3) is 2.90. The number of hydrogen-bond donors (Lipinski definition) is 0. The Bertz CT molecular complexity index is 561. The molecule has 2 unspecified atom stereocenters. The number of aromatic nitrogens is 2. The lowest BCUT2D eigenvalue weighted by molar-refractivity contribution is 0.444. The largest absolute Gasteiger partial charge is 0.324 e. The van der Waals surface area contributed by atoms with E-state index in [2.05, 4.69) is 23.4 Å². The summed E-state index contributed by atoms with van der Waals surface area (Å²) in [4.78, 5) is 4.68. The van der Waals surface area contributed by atoms with E-state index >= 15 is 0 Å². The first kappa shape index (κ1) is 14.7. The second-order valence-corrected chi connectivity index (χ2v) is 6.03. The van der Waals surface area contributed by atoms with Gasteiger partial charge in [-0.25, -0.2) is 4.98 Å². The van der Waals surface area contributed by atoms with E-state index in [-0.39, 0.29) is 5.38 Å².